The van der Waals surface area contributed by atoms with E-state index in [1.54, 1.807) is 18.2 Å². The summed E-state index contributed by atoms with van der Waals surface area (Å²) in [4.78, 5) is 0. The van der Waals surface area contributed by atoms with E-state index in [0.29, 0.717) is 17.2 Å². The van der Waals surface area contributed by atoms with Crippen LogP contribution < -0.4 is 0 Å². The van der Waals surface area contributed by atoms with E-state index >= 15 is 0 Å². The van der Waals surface area contributed by atoms with Gasteiger partial charge in [-0.05, 0) is 155 Å². The smallest absolute Gasteiger partial charge is 0.317 e. The standard InChI is InChI=1S/C41H58O7Si4/c1-34-18-6-7-19-35(34)23-14-30-49(2)45-50(3,31-15-24-36-20-8-11-27-39(36)42)47-52(5,33-17-26-38-22-10-13-29-41(38)44)48-51(4,46-49)32-16-25-37-21-9-12-28-40(37)43/h6-13,18-22,27-29,42-44H,14-17,23-26,30-33H2,1-5H3. The molecule has 0 spiro atoms. The Balaban J connectivity index is 1.41. The lowest BCUT2D eigenvalue weighted by Crippen LogP contribution is -2.67. The molecule has 0 bridgehead atoms. The molecule has 7 nitrogen and oxygen atoms in total. The van der Waals surface area contributed by atoms with Gasteiger partial charge in [0.2, 0.25) is 0 Å². The van der Waals surface area contributed by atoms with Gasteiger partial charge in [-0.15, -0.1) is 0 Å². The molecule has 280 valence electrons. The second-order valence-electron chi connectivity index (χ2n) is 15.2. The molecule has 4 aromatic rings. The quantitative estimate of drug-likeness (QED) is 0.0976. The zero-order valence-electron chi connectivity index (χ0n) is 31.7. The van der Waals surface area contributed by atoms with E-state index in [1.165, 1.54) is 11.1 Å². The predicted molar refractivity (Wildman–Crippen MR) is 219 cm³/mol. The van der Waals surface area contributed by atoms with E-state index in [4.69, 9.17) is 16.5 Å². The van der Waals surface area contributed by atoms with Gasteiger partial charge in [-0.2, -0.15) is 0 Å². The van der Waals surface area contributed by atoms with E-state index in [0.717, 1.165) is 92.2 Å². The Morgan fingerprint density at radius 1 is 0.385 bits per heavy atom. The van der Waals surface area contributed by atoms with E-state index in [9.17, 15) is 15.3 Å². The summed E-state index contributed by atoms with van der Waals surface area (Å²) in [5.74, 6) is 0.967. The summed E-state index contributed by atoms with van der Waals surface area (Å²) in [6.07, 6.45) is 6.58. The highest BCUT2D eigenvalue weighted by molar-refractivity contribution is 6.93. The van der Waals surface area contributed by atoms with Crippen LogP contribution in [0.25, 0.3) is 0 Å². The fourth-order valence-corrected chi connectivity index (χ4v) is 31.1. The Morgan fingerprint density at radius 3 is 0.923 bits per heavy atom. The maximum absolute atomic E-state index is 10.5. The summed E-state index contributed by atoms with van der Waals surface area (Å²) >= 11 is 0. The van der Waals surface area contributed by atoms with Crippen molar-refractivity contribution >= 4 is 34.2 Å². The molecule has 1 aliphatic heterocycles. The lowest BCUT2D eigenvalue weighted by molar-refractivity contribution is 0.220. The van der Waals surface area contributed by atoms with Crippen molar-refractivity contribution in [3.05, 3.63) is 125 Å². The molecular weight excluding hydrogens is 717 g/mol. The fraction of sp³-hybridized carbons (Fsp3) is 0.415. The largest absolute Gasteiger partial charge is 0.508 e. The van der Waals surface area contributed by atoms with Crippen molar-refractivity contribution in [3.63, 3.8) is 0 Å². The van der Waals surface area contributed by atoms with E-state index in [1.807, 2.05) is 54.6 Å². The van der Waals surface area contributed by atoms with Gasteiger partial charge < -0.3 is 31.8 Å². The molecule has 0 amide bonds. The normalized spacial score (nSPS) is 25.0. The summed E-state index contributed by atoms with van der Waals surface area (Å²) in [5, 5.41) is 31.5. The average Bonchev–Trinajstić information content (AvgIpc) is 3.07. The molecule has 1 heterocycles. The lowest BCUT2D eigenvalue weighted by atomic mass is 10.1. The Bertz CT molecular complexity index is 1490. The van der Waals surface area contributed by atoms with E-state index in [2.05, 4.69) is 57.4 Å². The Labute approximate surface area is 315 Å². The van der Waals surface area contributed by atoms with E-state index in [-0.39, 0.29) is 0 Å². The second-order valence-corrected chi connectivity index (χ2v) is 29.5. The van der Waals surface area contributed by atoms with Crippen molar-refractivity contribution in [2.24, 2.45) is 0 Å². The van der Waals surface area contributed by atoms with Crippen molar-refractivity contribution in [1.82, 2.24) is 0 Å². The first kappa shape index (κ1) is 40.2. The third-order valence-electron chi connectivity index (χ3n) is 10.3. The molecule has 0 aliphatic carbocycles. The van der Waals surface area contributed by atoms with Crippen molar-refractivity contribution < 1.29 is 31.8 Å². The lowest BCUT2D eigenvalue weighted by Gasteiger charge is -2.50. The molecule has 0 radical (unpaired) electrons. The molecule has 52 heavy (non-hydrogen) atoms. The van der Waals surface area contributed by atoms with Crippen molar-refractivity contribution in [1.29, 1.82) is 0 Å². The van der Waals surface area contributed by atoms with Gasteiger partial charge in [0.1, 0.15) is 17.2 Å². The molecule has 2 atom stereocenters. The molecule has 1 aliphatic rings. The molecule has 5 rings (SSSR count). The van der Waals surface area contributed by atoms with E-state index < -0.39 is 34.2 Å². The second kappa shape index (κ2) is 17.9. The fourth-order valence-electron chi connectivity index (χ4n) is 7.78. The van der Waals surface area contributed by atoms with Crippen molar-refractivity contribution in [2.75, 3.05) is 0 Å². The first-order chi connectivity index (χ1) is 24.8. The predicted octanol–water partition coefficient (Wildman–Crippen LogP) is 10.3. The highest BCUT2D eigenvalue weighted by atomic mass is 28.5. The van der Waals surface area contributed by atoms with Gasteiger partial charge in [0, 0.05) is 0 Å². The summed E-state index contributed by atoms with van der Waals surface area (Å²) in [5.41, 5.74) is 5.45. The van der Waals surface area contributed by atoms with Gasteiger partial charge in [-0.3, -0.25) is 0 Å². The van der Waals surface area contributed by atoms with Gasteiger partial charge in [-0.25, -0.2) is 0 Å². The number of aryl methyl sites for hydroxylation is 5. The van der Waals surface area contributed by atoms with Gasteiger partial charge in [0.15, 0.2) is 0 Å². The van der Waals surface area contributed by atoms with Crippen molar-refractivity contribution in [2.45, 2.75) is 109 Å². The molecule has 0 saturated carbocycles. The molecule has 2 unspecified atom stereocenters. The number of phenolic OH excluding ortho intramolecular Hbond substituents is 3. The van der Waals surface area contributed by atoms with Crippen LogP contribution in [0.4, 0.5) is 0 Å². The number of aromatic hydroxyl groups is 3. The average molecular weight is 775 g/mol. The van der Waals surface area contributed by atoms with Gasteiger partial charge >= 0.3 is 34.2 Å². The minimum atomic E-state index is -2.88. The Morgan fingerprint density at radius 2 is 0.635 bits per heavy atom. The summed E-state index contributed by atoms with van der Waals surface area (Å²) in [6, 6.07) is 34.4. The molecule has 0 aromatic heterocycles. The molecule has 11 heteroatoms. The first-order valence-corrected chi connectivity index (χ1v) is 29.0. The van der Waals surface area contributed by atoms with Gasteiger partial charge in [0.25, 0.3) is 0 Å². The number of hydrogen-bond acceptors (Lipinski definition) is 7. The zero-order valence-corrected chi connectivity index (χ0v) is 35.7. The molecule has 3 N–H and O–H groups in total. The maximum Gasteiger partial charge on any atom is 0.317 e. The monoisotopic (exact) mass is 774 g/mol. The van der Waals surface area contributed by atoms with Crippen LogP contribution in [0.3, 0.4) is 0 Å². The van der Waals surface area contributed by atoms with Crippen LogP contribution >= 0.6 is 0 Å². The topological polar surface area (TPSA) is 97.6 Å². The molecule has 1 saturated heterocycles. The van der Waals surface area contributed by atoms with Crippen LogP contribution in [-0.4, -0.2) is 49.6 Å². The third kappa shape index (κ3) is 11.5. The Kier molecular flexibility index (Phi) is 13.8. The summed E-state index contributed by atoms with van der Waals surface area (Å²) < 4.78 is 29.7. The SMILES string of the molecule is Cc1ccccc1CCC[Si]1(C)O[Si](C)(CCCc2ccccc2O)O[Si](C)(CCCc2ccccc2O)O[Si](C)(CCCc2ccccc2O)O1. The van der Waals surface area contributed by atoms with Crippen LogP contribution in [0, 0.1) is 6.92 Å². The third-order valence-corrected chi connectivity index (χ3v) is 29.1. The highest BCUT2D eigenvalue weighted by Gasteiger charge is 2.56. The molecule has 1 fully saturated rings. The highest BCUT2D eigenvalue weighted by Crippen LogP contribution is 2.40. The Hall–Kier alpha value is -3.01. The minimum absolute atomic E-state index is 0.319. The number of benzene rings is 4. The van der Waals surface area contributed by atoms with Crippen LogP contribution in [0.1, 0.15) is 53.5 Å². The molecule has 4 aromatic carbocycles. The number of para-hydroxylation sites is 3. The first-order valence-electron chi connectivity index (χ1n) is 18.9. The maximum atomic E-state index is 10.5. The summed E-state index contributed by atoms with van der Waals surface area (Å²) in [6.45, 7) is 11.0. The number of hydrogen-bond donors (Lipinski definition) is 3. The van der Waals surface area contributed by atoms with Crippen LogP contribution in [0.2, 0.25) is 50.4 Å². The van der Waals surface area contributed by atoms with Gasteiger partial charge in [-0.1, -0.05) is 78.9 Å². The van der Waals surface area contributed by atoms with Crippen LogP contribution in [0.5, 0.6) is 17.2 Å². The van der Waals surface area contributed by atoms with Crippen LogP contribution in [0.15, 0.2) is 97.1 Å². The minimum Gasteiger partial charge on any atom is -0.508 e. The van der Waals surface area contributed by atoms with Crippen LogP contribution in [-0.2, 0) is 42.1 Å². The number of rotatable bonds is 16. The molecular formula is C41H58O7Si4. The zero-order chi connectivity index (χ0) is 37.2. The number of phenols is 3. The van der Waals surface area contributed by atoms with Gasteiger partial charge in [0.05, 0.1) is 0 Å². The summed E-state index contributed by atoms with van der Waals surface area (Å²) in [7, 11) is -11.4. The van der Waals surface area contributed by atoms with Crippen molar-refractivity contribution in [3.8, 4) is 17.2 Å².